The summed E-state index contributed by atoms with van der Waals surface area (Å²) in [5.74, 6) is -0.380. The number of rotatable bonds is 5. The van der Waals surface area contributed by atoms with Crippen LogP contribution in [0.5, 0.6) is 0 Å². The van der Waals surface area contributed by atoms with Crippen LogP contribution >= 0.6 is 0 Å². The topological polar surface area (TPSA) is 85.2 Å². The van der Waals surface area contributed by atoms with Crippen LogP contribution in [0.3, 0.4) is 0 Å². The normalized spacial score (nSPS) is 10.1. The van der Waals surface area contributed by atoms with Gasteiger partial charge in [0.05, 0.1) is 24.4 Å². The number of esters is 1. The summed E-state index contributed by atoms with van der Waals surface area (Å²) >= 11 is 0. The summed E-state index contributed by atoms with van der Waals surface area (Å²) in [6, 6.07) is 8.01. The number of amides is 2. The molecular formula is C15H18N4O3. The molecule has 0 aliphatic heterocycles. The molecule has 1 heterocycles. The van der Waals surface area contributed by atoms with E-state index in [0.717, 1.165) is 5.69 Å². The number of nitrogens with one attached hydrogen (secondary N) is 2. The smallest absolute Gasteiger partial charge is 0.338 e. The van der Waals surface area contributed by atoms with Crippen LogP contribution in [-0.2, 0) is 18.3 Å². The zero-order chi connectivity index (χ0) is 15.9. The van der Waals surface area contributed by atoms with Gasteiger partial charge in [0, 0.05) is 18.9 Å². The second-order valence-electron chi connectivity index (χ2n) is 4.55. The number of carbonyl (C=O) groups excluding carboxylic acids is 2. The second-order valence-corrected chi connectivity index (χ2v) is 4.55. The van der Waals surface area contributed by atoms with Crippen molar-refractivity contribution in [2.24, 2.45) is 7.05 Å². The number of ether oxygens (including phenoxy) is 1. The number of hydrogen-bond acceptors (Lipinski definition) is 4. The van der Waals surface area contributed by atoms with Crippen LogP contribution < -0.4 is 10.6 Å². The maximum atomic E-state index is 11.8. The summed E-state index contributed by atoms with van der Waals surface area (Å²) < 4.78 is 6.58. The number of urea groups is 1. The summed E-state index contributed by atoms with van der Waals surface area (Å²) in [6.07, 6.45) is 1.67. The zero-order valence-electron chi connectivity index (χ0n) is 12.5. The number of aryl methyl sites for hydroxylation is 1. The molecule has 0 saturated heterocycles. The number of benzene rings is 1. The number of hydrogen-bond donors (Lipinski definition) is 2. The maximum absolute atomic E-state index is 11.8. The molecule has 116 valence electrons. The molecule has 0 saturated carbocycles. The van der Waals surface area contributed by atoms with Gasteiger partial charge < -0.3 is 15.4 Å². The van der Waals surface area contributed by atoms with Gasteiger partial charge >= 0.3 is 12.0 Å². The summed E-state index contributed by atoms with van der Waals surface area (Å²) in [5.41, 5.74) is 1.94. The van der Waals surface area contributed by atoms with Crippen molar-refractivity contribution in [2.45, 2.75) is 13.5 Å². The quantitative estimate of drug-likeness (QED) is 0.826. The van der Waals surface area contributed by atoms with E-state index in [1.165, 1.54) is 0 Å². The van der Waals surface area contributed by atoms with Crippen LogP contribution in [0.25, 0.3) is 0 Å². The molecule has 0 atom stereocenters. The summed E-state index contributed by atoms with van der Waals surface area (Å²) in [6.45, 7) is 2.46. The molecule has 0 radical (unpaired) electrons. The third-order valence-electron chi connectivity index (χ3n) is 3.01. The van der Waals surface area contributed by atoms with Gasteiger partial charge in [-0.15, -0.1) is 0 Å². The molecule has 0 spiro atoms. The van der Waals surface area contributed by atoms with E-state index in [9.17, 15) is 9.59 Å². The van der Waals surface area contributed by atoms with Gasteiger partial charge in [-0.25, -0.2) is 9.59 Å². The fourth-order valence-electron chi connectivity index (χ4n) is 1.82. The van der Waals surface area contributed by atoms with Gasteiger partial charge in [0.15, 0.2) is 0 Å². The Labute approximate surface area is 128 Å². The molecule has 1 aromatic carbocycles. The summed E-state index contributed by atoms with van der Waals surface area (Å²) in [5, 5.41) is 9.44. The van der Waals surface area contributed by atoms with E-state index in [2.05, 4.69) is 15.7 Å². The fraction of sp³-hybridized carbons (Fsp3) is 0.267. The lowest BCUT2D eigenvalue weighted by atomic mass is 10.2. The molecule has 7 nitrogen and oxygen atoms in total. The minimum absolute atomic E-state index is 0.329. The predicted molar refractivity (Wildman–Crippen MR) is 81.5 cm³/mol. The summed E-state index contributed by atoms with van der Waals surface area (Å²) in [4.78, 5) is 23.3. The van der Waals surface area contributed by atoms with Gasteiger partial charge in [-0.05, 0) is 37.3 Å². The third kappa shape index (κ3) is 4.08. The van der Waals surface area contributed by atoms with Crippen molar-refractivity contribution in [1.29, 1.82) is 0 Å². The first-order valence-corrected chi connectivity index (χ1v) is 6.89. The molecule has 22 heavy (non-hydrogen) atoms. The Morgan fingerprint density at radius 1 is 1.23 bits per heavy atom. The first kappa shape index (κ1) is 15.6. The van der Waals surface area contributed by atoms with E-state index in [0.29, 0.717) is 24.4 Å². The van der Waals surface area contributed by atoms with E-state index < -0.39 is 0 Å². The Balaban J connectivity index is 1.86. The number of aromatic nitrogens is 2. The Hall–Kier alpha value is -2.83. The number of nitrogens with zero attached hydrogens (tertiary/aromatic N) is 2. The van der Waals surface area contributed by atoms with Crippen molar-refractivity contribution >= 4 is 17.7 Å². The average Bonchev–Trinajstić information content (AvgIpc) is 2.91. The van der Waals surface area contributed by atoms with Crippen molar-refractivity contribution in [3.63, 3.8) is 0 Å². The van der Waals surface area contributed by atoms with Crippen molar-refractivity contribution in [3.05, 3.63) is 47.8 Å². The Bertz CT molecular complexity index is 649. The molecule has 1 aromatic heterocycles. The standard InChI is InChI=1S/C15H18N4O3/c1-3-22-14(20)11-4-6-12(7-5-11)18-15(21)16-10-13-8-9-17-19(13)2/h4-9H,3,10H2,1-2H3,(H2,16,18,21). The highest BCUT2D eigenvalue weighted by Gasteiger charge is 2.07. The van der Waals surface area contributed by atoms with Crippen LogP contribution in [0, 0.1) is 0 Å². The van der Waals surface area contributed by atoms with E-state index >= 15 is 0 Å². The van der Waals surface area contributed by atoms with Crippen LogP contribution in [0.2, 0.25) is 0 Å². The minimum atomic E-state index is -0.380. The lowest BCUT2D eigenvalue weighted by Gasteiger charge is -2.08. The number of carbonyl (C=O) groups is 2. The highest BCUT2D eigenvalue weighted by Crippen LogP contribution is 2.10. The minimum Gasteiger partial charge on any atom is -0.462 e. The lowest BCUT2D eigenvalue weighted by Crippen LogP contribution is -2.29. The van der Waals surface area contributed by atoms with Crippen LogP contribution in [0.15, 0.2) is 36.5 Å². The van der Waals surface area contributed by atoms with E-state index in [1.54, 1.807) is 42.1 Å². The van der Waals surface area contributed by atoms with Gasteiger partial charge in [0.2, 0.25) is 0 Å². The molecular weight excluding hydrogens is 284 g/mol. The molecule has 0 aliphatic rings. The fourth-order valence-corrected chi connectivity index (χ4v) is 1.82. The van der Waals surface area contributed by atoms with Crippen LogP contribution in [-0.4, -0.2) is 28.4 Å². The van der Waals surface area contributed by atoms with Gasteiger partial charge in [-0.2, -0.15) is 5.10 Å². The van der Waals surface area contributed by atoms with Crippen LogP contribution in [0.4, 0.5) is 10.5 Å². The monoisotopic (exact) mass is 302 g/mol. The van der Waals surface area contributed by atoms with Gasteiger partial charge in [0.25, 0.3) is 0 Å². The predicted octanol–water partition coefficient (Wildman–Crippen LogP) is 1.92. The summed E-state index contributed by atoms with van der Waals surface area (Å²) in [7, 11) is 1.81. The molecule has 0 fully saturated rings. The van der Waals surface area contributed by atoms with E-state index in [4.69, 9.17) is 4.74 Å². The maximum Gasteiger partial charge on any atom is 0.338 e. The molecule has 7 heteroatoms. The third-order valence-corrected chi connectivity index (χ3v) is 3.01. The van der Waals surface area contributed by atoms with Gasteiger partial charge in [0.1, 0.15) is 0 Å². The van der Waals surface area contributed by atoms with Crippen molar-refractivity contribution in [3.8, 4) is 0 Å². The van der Waals surface area contributed by atoms with Crippen LogP contribution in [0.1, 0.15) is 23.0 Å². The molecule has 0 aliphatic carbocycles. The SMILES string of the molecule is CCOC(=O)c1ccc(NC(=O)NCc2ccnn2C)cc1. The van der Waals surface area contributed by atoms with E-state index in [1.807, 2.05) is 13.1 Å². The Morgan fingerprint density at radius 2 is 1.95 bits per heavy atom. The first-order valence-electron chi connectivity index (χ1n) is 6.89. The highest BCUT2D eigenvalue weighted by atomic mass is 16.5. The Morgan fingerprint density at radius 3 is 2.55 bits per heavy atom. The van der Waals surface area contributed by atoms with Gasteiger partial charge in [-0.1, -0.05) is 0 Å². The lowest BCUT2D eigenvalue weighted by molar-refractivity contribution is 0.0526. The molecule has 2 rings (SSSR count). The molecule has 0 bridgehead atoms. The Kier molecular flexibility index (Phi) is 5.13. The average molecular weight is 302 g/mol. The highest BCUT2D eigenvalue weighted by molar-refractivity contribution is 5.92. The van der Waals surface area contributed by atoms with Crippen molar-refractivity contribution < 1.29 is 14.3 Å². The van der Waals surface area contributed by atoms with Gasteiger partial charge in [-0.3, -0.25) is 4.68 Å². The zero-order valence-corrected chi connectivity index (χ0v) is 12.5. The largest absolute Gasteiger partial charge is 0.462 e. The number of anilines is 1. The van der Waals surface area contributed by atoms with Crippen molar-refractivity contribution in [1.82, 2.24) is 15.1 Å². The molecule has 2 N–H and O–H groups in total. The molecule has 2 aromatic rings. The van der Waals surface area contributed by atoms with E-state index in [-0.39, 0.29) is 12.0 Å². The first-order chi connectivity index (χ1) is 10.6. The molecule has 2 amide bonds. The molecule has 0 unspecified atom stereocenters. The van der Waals surface area contributed by atoms with Crippen molar-refractivity contribution in [2.75, 3.05) is 11.9 Å². The second kappa shape index (κ2) is 7.26.